The van der Waals surface area contributed by atoms with Crippen LogP contribution in [0.5, 0.6) is 11.8 Å². The largest absolute Gasteiger partial charge is 0.423 e. The summed E-state index contributed by atoms with van der Waals surface area (Å²) in [6.45, 7) is 2.61. The molecule has 2 rings (SSSR count). The summed E-state index contributed by atoms with van der Waals surface area (Å²) in [5.41, 5.74) is 1.88. The summed E-state index contributed by atoms with van der Waals surface area (Å²) in [6.07, 6.45) is 3.39. The fourth-order valence-electron chi connectivity index (χ4n) is 1.45. The molecule has 0 fully saturated rings. The van der Waals surface area contributed by atoms with Gasteiger partial charge in [0.2, 0.25) is 0 Å². The van der Waals surface area contributed by atoms with E-state index in [2.05, 4.69) is 20.4 Å². The molecule has 0 saturated heterocycles. The van der Waals surface area contributed by atoms with Gasteiger partial charge in [0.05, 0.1) is 0 Å². The van der Waals surface area contributed by atoms with Crippen LogP contribution in [0.25, 0.3) is 0 Å². The molecule has 0 aliphatic rings. The molecule has 0 amide bonds. The zero-order valence-corrected chi connectivity index (χ0v) is 10.1. The van der Waals surface area contributed by atoms with E-state index in [0.717, 1.165) is 17.0 Å². The summed E-state index contributed by atoms with van der Waals surface area (Å²) in [5.74, 6) is 0.734. The number of nitrogens with one attached hydrogen (secondary N) is 1. The molecule has 0 spiro atoms. The van der Waals surface area contributed by atoms with E-state index >= 15 is 0 Å². The highest BCUT2D eigenvalue weighted by atomic mass is 16.5. The van der Waals surface area contributed by atoms with Gasteiger partial charge < -0.3 is 10.1 Å². The molecule has 0 saturated carbocycles. The van der Waals surface area contributed by atoms with E-state index in [1.165, 1.54) is 0 Å². The Bertz CT molecular complexity index is 508. The van der Waals surface area contributed by atoms with E-state index < -0.39 is 0 Å². The second kappa shape index (κ2) is 4.92. The highest BCUT2D eigenvalue weighted by Crippen LogP contribution is 2.22. The van der Waals surface area contributed by atoms with Gasteiger partial charge in [0.15, 0.2) is 0 Å². The number of ether oxygens (including phenoxy) is 1. The Morgan fingerprint density at radius 1 is 1.41 bits per heavy atom. The molecular formula is C11H15N5O. The van der Waals surface area contributed by atoms with Gasteiger partial charge in [-0.25, -0.2) is 0 Å². The molecule has 2 heterocycles. The molecule has 2 aromatic rings. The van der Waals surface area contributed by atoms with Gasteiger partial charge in [-0.15, -0.1) is 5.10 Å². The maximum absolute atomic E-state index is 5.64. The van der Waals surface area contributed by atoms with E-state index in [-0.39, 0.29) is 0 Å². The SMILES string of the molecule is CNCc1cnc(C)cc1Oc1ncn(C)n1. The molecule has 17 heavy (non-hydrogen) atoms. The van der Waals surface area contributed by atoms with E-state index in [0.29, 0.717) is 12.6 Å². The zero-order valence-electron chi connectivity index (χ0n) is 10.1. The fourth-order valence-corrected chi connectivity index (χ4v) is 1.45. The van der Waals surface area contributed by atoms with Crippen LogP contribution in [0.4, 0.5) is 0 Å². The highest BCUT2D eigenvalue weighted by molar-refractivity contribution is 5.34. The Balaban J connectivity index is 2.26. The molecule has 90 valence electrons. The number of hydrogen-bond donors (Lipinski definition) is 1. The average molecular weight is 233 g/mol. The Morgan fingerprint density at radius 2 is 2.24 bits per heavy atom. The normalized spacial score (nSPS) is 10.5. The molecule has 6 nitrogen and oxygen atoms in total. The quantitative estimate of drug-likeness (QED) is 0.854. The lowest BCUT2D eigenvalue weighted by molar-refractivity contribution is 0.431. The first kappa shape index (κ1) is 11.5. The minimum Gasteiger partial charge on any atom is -0.423 e. The Labute approximate surface area is 99.7 Å². The summed E-state index contributed by atoms with van der Waals surface area (Å²) in [4.78, 5) is 8.27. The molecule has 6 heteroatoms. The number of rotatable bonds is 4. The summed E-state index contributed by atoms with van der Waals surface area (Å²) in [6, 6.07) is 2.22. The monoisotopic (exact) mass is 233 g/mol. The second-order valence-electron chi connectivity index (χ2n) is 3.77. The highest BCUT2D eigenvalue weighted by Gasteiger charge is 2.08. The molecule has 0 atom stereocenters. The van der Waals surface area contributed by atoms with Crippen LogP contribution in [0.1, 0.15) is 11.3 Å². The van der Waals surface area contributed by atoms with Gasteiger partial charge >= 0.3 is 6.01 Å². The summed E-state index contributed by atoms with van der Waals surface area (Å²) >= 11 is 0. The molecule has 0 radical (unpaired) electrons. The summed E-state index contributed by atoms with van der Waals surface area (Å²) < 4.78 is 7.24. The van der Waals surface area contributed by atoms with Gasteiger partial charge in [-0.2, -0.15) is 4.98 Å². The maximum atomic E-state index is 5.64. The first-order chi connectivity index (χ1) is 8.19. The predicted molar refractivity (Wildman–Crippen MR) is 62.8 cm³/mol. The molecule has 0 aromatic carbocycles. The lowest BCUT2D eigenvalue weighted by Crippen LogP contribution is -2.07. The van der Waals surface area contributed by atoms with Crippen molar-refractivity contribution in [2.75, 3.05) is 7.05 Å². The van der Waals surface area contributed by atoms with Crippen LogP contribution in [-0.4, -0.2) is 26.8 Å². The fraction of sp³-hybridized carbons (Fsp3) is 0.364. The smallest absolute Gasteiger partial charge is 0.340 e. The van der Waals surface area contributed by atoms with Gasteiger partial charge in [-0.1, -0.05) is 0 Å². The van der Waals surface area contributed by atoms with Crippen LogP contribution in [0.2, 0.25) is 0 Å². The van der Waals surface area contributed by atoms with Crippen molar-refractivity contribution in [1.82, 2.24) is 25.1 Å². The number of pyridine rings is 1. The number of aromatic nitrogens is 4. The predicted octanol–water partition coefficient (Wildman–Crippen LogP) is 1.03. The lowest BCUT2D eigenvalue weighted by atomic mass is 10.2. The topological polar surface area (TPSA) is 64.9 Å². The van der Waals surface area contributed by atoms with E-state index in [1.54, 1.807) is 24.3 Å². The Morgan fingerprint density at radius 3 is 2.88 bits per heavy atom. The molecule has 2 aromatic heterocycles. The van der Waals surface area contributed by atoms with Gasteiger partial charge in [-0.05, 0) is 14.0 Å². The van der Waals surface area contributed by atoms with Crippen LogP contribution < -0.4 is 10.1 Å². The average Bonchev–Trinajstić information content (AvgIpc) is 2.68. The summed E-state index contributed by atoms with van der Waals surface area (Å²) in [5, 5.41) is 7.15. The third-order valence-electron chi connectivity index (χ3n) is 2.23. The minimum atomic E-state index is 0.343. The molecular weight excluding hydrogens is 218 g/mol. The van der Waals surface area contributed by atoms with Gasteiger partial charge in [0.1, 0.15) is 12.1 Å². The van der Waals surface area contributed by atoms with E-state index in [4.69, 9.17) is 4.74 Å². The standard InChI is InChI=1S/C11H15N5O/c1-8-4-10(9(5-12-2)6-13-8)17-11-14-7-16(3)15-11/h4,6-7,12H,5H2,1-3H3. The molecule has 0 bridgehead atoms. The van der Waals surface area contributed by atoms with Crippen LogP contribution in [0.15, 0.2) is 18.6 Å². The Hall–Kier alpha value is -1.95. The maximum Gasteiger partial charge on any atom is 0.340 e. The lowest BCUT2D eigenvalue weighted by Gasteiger charge is -2.08. The molecule has 0 unspecified atom stereocenters. The van der Waals surface area contributed by atoms with Crippen LogP contribution in [-0.2, 0) is 13.6 Å². The van der Waals surface area contributed by atoms with Crippen LogP contribution >= 0.6 is 0 Å². The molecule has 0 aliphatic heterocycles. The van der Waals surface area contributed by atoms with Crippen LogP contribution in [0.3, 0.4) is 0 Å². The first-order valence-corrected chi connectivity index (χ1v) is 5.32. The third kappa shape index (κ3) is 2.79. The number of hydrogen-bond acceptors (Lipinski definition) is 5. The van der Waals surface area contributed by atoms with E-state index in [9.17, 15) is 0 Å². The Kier molecular flexibility index (Phi) is 3.34. The molecule has 1 N–H and O–H groups in total. The number of aryl methyl sites for hydroxylation is 2. The van der Waals surface area contributed by atoms with Crippen molar-refractivity contribution in [1.29, 1.82) is 0 Å². The van der Waals surface area contributed by atoms with Crippen molar-refractivity contribution in [3.63, 3.8) is 0 Å². The number of nitrogens with zero attached hydrogens (tertiary/aromatic N) is 4. The second-order valence-corrected chi connectivity index (χ2v) is 3.77. The van der Waals surface area contributed by atoms with Crippen LogP contribution in [0, 0.1) is 6.92 Å². The van der Waals surface area contributed by atoms with Gasteiger partial charge in [-0.3, -0.25) is 9.67 Å². The first-order valence-electron chi connectivity index (χ1n) is 5.32. The van der Waals surface area contributed by atoms with Gasteiger partial charge in [0, 0.05) is 37.1 Å². The molecule has 0 aliphatic carbocycles. The van der Waals surface area contributed by atoms with Crippen molar-refractivity contribution in [3.05, 3.63) is 29.8 Å². The van der Waals surface area contributed by atoms with Crippen molar-refractivity contribution in [2.24, 2.45) is 7.05 Å². The van der Waals surface area contributed by atoms with E-state index in [1.807, 2.05) is 20.0 Å². The summed E-state index contributed by atoms with van der Waals surface area (Å²) in [7, 11) is 3.68. The van der Waals surface area contributed by atoms with Gasteiger partial charge in [0.25, 0.3) is 0 Å². The third-order valence-corrected chi connectivity index (χ3v) is 2.23. The van der Waals surface area contributed by atoms with Crippen molar-refractivity contribution in [2.45, 2.75) is 13.5 Å². The minimum absolute atomic E-state index is 0.343. The zero-order chi connectivity index (χ0) is 12.3. The van der Waals surface area contributed by atoms with Crippen molar-refractivity contribution < 1.29 is 4.74 Å². The van der Waals surface area contributed by atoms with Crippen molar-refractivity contribution in [3.8, 4) is 11.8 Å². The van der Waals surface area contributed by atoms with Crippen molar-refractivity contribution >= 4 is 0 Å².